The second kappa shape index (κ2) is 5.21. The predicted molar refractivity (Wildman–Crippen MR) is 51.1 cm³/mol. The van der Waals surface area contributed by atoms with Gasteiger partial charge in [0.15, 0.2) is 0 Å². The molecule has 0 aromatic heterocycles. The molecule has 2 unspecified atom stereocenters. The number of hydrogen-bond donors (Lipinski definition) is 1. The standard InChI is InChI=1S/C10H18N2O/c1-2-10(6-11)12-5-3-4-9(7-12)8-13/h9-10,13H,2-5,7-8H2,1H3. The van der Waals surface area contributed by atoms with Gasteiger partial charge in [0.05, 0.1) is 12.1 Å². The predicted octanol–water partition coefficient (Wildman–Crippen LogP) is 0.993. The summed E-state index contributed by atoms with van der Waals surface area (Å²) < 4.78 is 0. The summed E-state index contributed by atoms with van der Waals surface area (Å²) in [6.07, 6.45) is 3.10. The molecule has 1 aliphatic heterocycles. The third kappa shape index (κ3) is 2.68. The molecule has 1 aliphatic rings. The van der Waals surface area contributed by atoms with Crippen molar-refractivity contribution in [1.29, 1.82) is 5.26 Å². The highest BCUT2D eigenvalue weighted by Crippen LogP contribution is 2.18. The molecule has 0 aromatic carbocycles. The van der Waals surface area contributed by atoms with Crippen LogP contribution >= 0.6 is 0 Å². The molecule has 74 valence electrons. The monoisotopic (exact) mass is 182 g/mol. The normalized spacial score (nSPS) is 26.7. The van der Waals surface area contributed by atoms with Gasteiger partial charge in [0, 0.05) is 13.2 Å². The van der Waals surface area contributed by atoms with Crippen LogP contribution in [0.2, 0.25) is 0 Å². The summed E-state index contributed by atoms with van der Waals surface area (Å²) in [5.74, 6) is 0.385. The number of piperidine rings is 1. The van der Waals surface area contributed by atoms with E-state index >= 15 is 0 Å². The minimum atomic E-state index is 0.0503. The van der Waals surface area contributed by atoms with Crippen LogP contribution in [-0.2, 0) is 0 Å². The first-order valence-corrected chi connectivity index (χ1v) is 5.06. The van der Waals surface area contributed by atoms with Crippen LogP contribution in [0.4, 0.5) is 0 Å². The van der Waals surface area contributed by atoms with Gasteiger partial charge in [-0.3, -0.25) is 4.90 Å². The highest BCUT2D eigenvalue weighted by molar-refractivity contribution is 4.92. The van der Waals surface area contributed by atoms with Crippen LogP contribution in [0.15, 0.2) is 0 Å². The summed E-state index contributed by atoms with van der Waals surface area (Å²) in [6.45, 7) is 4.21. The summed E-state index contributed by atoms with van der Waals surface area (Å²) in [6, 6.07) is 2.36. The summed E-state index contributed by atoms with van der Waals surface area (Å²) in [4.78, 5) is 2.20. The maximum atomic E-state index is 9.03. The third-order valence-electron chi connectivity index (χ3n) is 2.79. The Labute approximate surface area is 80.0 Å². The van der Waals surface area contributed by atoms with E-state index in [0.29, 0.717) is 5.92 Å². The van der Waals surface area contributed by atoms with Gasteiger partial charge in [0.2, 0.25) is 0 Å². The smallest absolute Gasteiger partial charge is 0.0975 e. The molecule has 3 heteroatoms. The van der Waals surface area contributed by atoms with E-state index in [2.05, 4.69) is 11.0 Å². The van der Waals surface area contributed by atoms with E-state index in [9.17, 15) is 0 Å². The molecular weight excluding hydrogens is 164 g/mol. The molecule has 1 N–H and O–H groups in total. The Kier molecular flexibility index (Phi) is 4.20. The van der Waals surface area contributed by atoms with Crippen molar-refractivity contribution in [3.8, 4) is 6.07 Å². The van der Waals surface area contributed by atoms with Crippen molar-refractivity contribution in [2.75, 3.05) is 19.7 Å². The zero-order valence-electron chi connectivity index (χ0n) is 8.24. The molecule has 0 radical (unpaired) electrons. The third-order valence-corrected chi connectivity index (χ3v) is 2.79. The summed E-state index contributed by atoms with van der Waals surface area (Å²) >= 11 is 0. The van der Waals surface area contributed by atoms with Crippen molar-refractivity contribution >= 4 is 0 Å². The fourth-order valence-corrected chi connectivity index (χ4v) is 1.96. The lowest BCUT2D eigenvalue weighted by Gasteiger charge is -2.34. The fraction of sp³-hybridized carbons (Fsp3) is 0.900. The summed E-state index contributed by atoms with van der Waals surface area (Å²) in [5.41, 5.74) is 0. The van der Waals surface area contributed by atoms with E-state index in [1.54, 1.807) is 0 Å². The first-order chi connectivity index (χ1) is 6.31. The molecule has 0 spiro atoms. The number of aliphatic hydroxyl groups is 1. The van der Waals surface area contributed by atoms with Crippen LogP contribution in [0.3, 0.4) is 0 Å². The quantitative estimate of drug-likeness (QED) is 0.708. The molecule has 0 amide bonds. The van der Waals surface area contributed by atoms with Gasteiger partial charge in [-0.2, -0.15) is 5.26 Å². The Morgan fingerprint density at radius 1 is 1.69 bits per heavy atom. The van der Waals surface area contributed by atoms with Crippen molar-refractivity contribution in [3.05, 3.63) is 0 Å². The molecule has 0 aromatic rings. The number of aliphatic hydroxyl groups excluding tert-OH is 1. The molecule has 1 rings (SSSR count). The lowest BCUT2D eigenvalue weighted by molar-refractivity contribution is 0.103. The van der Waals surface area contributed by atoms with Gasteiger partial charge in [-0.1, -0.05) is 6.92 Å². The lowest BCUT2D eigenvalue weighted by Crippen LogP contribution is -2.42. The van der Waals surface area contributed by atoms with Crippen LogP contribution in [0.5, 0.6) is 0 Å². The van der Waals surface area contributed by atoms with Gasteiger partial charge in [0.25, 0.3) is 0 Å². The average Bonchev–Trinajstić information content (AvgIpc) is 2.20. The van der Waals surface area contributed by atoms with Crippen LogP contribution in [0, 0.1) is 17.2 Å². The number of nitrogens with zero attached hydrogens (tertiary/aromatic N) is 2. The van der Waals surface area contributed by atoms with E-state index in [0.717, 1.165) is 32.4 Å². The maximum Gasteiger partial charge on any atom is 0.0975 e. The molecular formula is C10H18N2O. The number of rotatable bonds is 3. The van der Waals surface area contributed by atoms with Gasteiger partial charge < -0.3 is 5.11 Å². The minimum absolute atomic E-state index is 0.0503. The van der Waals surface area contributed by atoms with E-state index in [-0.39, 0.29) is 12.6 Å². The maximum absolute atomic E-state index is 9.03. The van der Waals surface area contributed by atoms with Crippen LogP contribution in [0.1, 0.15) is 26.2 Å². The number of hydrogen-bond acceptors (Lipinski definition) is 3. The van der Waals surface area contributed by atoms with Crippen molar-refractivity contribution in [3.63, 3.8) is 0 Å². The fourth-order valence-electron chi connectivity index (χ4n) is 1.96. The first kappa shape index (κ1) is 10.5. The van der Waals surface area contributed by atoms with Crippen molar-refractivity contribution in [1.82, 2.24) is 4.90 Å². The first-order valence-electron chi connectivity index (χ1n) is 5.06. The van der Waals surface area contributed by atoms with Crippen LogP contribution < -0.4 is 0 Å². The van der Waals surface area contributed by atoms with E-state index in [1.807, 2.05) is 6.92 Å². The van der Waals surface area contributed by atoms with Gasteiger partial charge in [-0.15, -0.1) is 0 Å². The van der Waals surface area contributed by atoms with Gasteiger partial charge in [-0.25, -0.2) is 0 Å². The average molecular weight is 182 g/mol. The van der Waals surface area contributed by atoms with E-state index in [4.69, 9.17) is 10.4 Å². The SMILES string of the molecule is CCC(C#N)N1CCCC(CO)C1. The second-order valence-electron chi connectivity index (χ2n) is 3.74. The molecule has 0 saturated carbocycles. The lowest BCUT2D eigenvalue weighted by atomic mass is 9.97. The largest absolute Gasteiger partial charge is 0.396 e. The molecule has 0 bridgehead atoms. The second-order valence-corrected chi connectivity index (χ2v) is 3.74. The molecule has 3 nitrogen and oxygen atoms in total. The molecule has 1 saturated heterocycles. The van der Waals surface area contributed by atoms with E-state index < -0.39 is 0 Å². The molecule has 0 aliphatic carbocycles. The van der Waals surface area contributed by atoms with Crippen molar-refractivity contribution in [2.24, 2.45) is 5.92 Å². The summed E-state index contributed by atoms with van der Waals surface area (Å²) in [7, 11) is 0. The molecule has 2 atom stereocenters. The van der Waals surface area contributed by atoms with E-state index in [1.165, 1.54) is 0 Å². The molecule has 13 heavy (non-hydrogen) atoms. The van der Waals surface area contributed by atoms with Crippen molar-refractivity contribution in [2.45, 2.75) is 32.2 Å². The highest BCUT2D eigenvalue weighted by atomic mass is 16.3. The zero-order valence-corrected chi connectivity index (χ0v) is 8.24. The Morgan fingerprint density at radius 3 is 3.00 bits per heavy atom. The van der Waals surface area contributed by atoms with Gasteiger partial charge in [0.1, 0.15) is 0 Å². The number of likely N-dealkylation sites (tertiary alicyclic amines) is 1. The van der Waals surface area contributed by atoms with Gasteiger partial charge >= 0.3 is 0 Å². The zero-order chi connectivity index (χ0) is 9.68. The Balaban J connectivity index is 2.46. The Bertz CT molecular complexity index is 188. The molecule has 1 fully saturated rings. The molecule has 1 heterocycles. The van der Waals surface area contributed by atoms with Crippen molar-refractivity contribution < 1.29 is 5.11 Å². The van der Waals surface area contributed by atoms with Crippen LogP contribution in [0.25, 0.3) is 0 Å². The van der Waals surface area contributed by atoms with Gasteiger partial charge in [-0.05, 0) is 31.7 Å². The minimum Gasteiger partial charge on any atom is -0.396 e. The Morgan fingerprint density at radius 2 is 2.46 bits per heavy atom. The van der Waals surface area contributed by atoms with Crippen LogP contribution in [-0.4, -0.2) is 35.7 Å². The number of nitriles is 1. The topological polar surface area (TPSA) is 47.3 Å². The summed E-state index contributed by atoms with van der Waals surface area (Å²) in [5, 5.41) is 17.9. The highest BCUT2D eigenvalue weighted by Gasteiger charge is 2.23. The Hall–Kier alpha value is -0.590.